The Labute approximate surface area is 380 Å². The number of aliphatic carboxylic acids is 1. The Hall–Kier alpha value is -1.43. The van der Waals surface area contributed by atoms with E-state index in [1.54, 1.807) is 0 Å². The lowest BCUT2D eigenvalue weighted by Gasteiger charge is -2.71. The first-order valence-electron chi connectivity index (χ1n) is 23.8. The molecule has 22 atom stereocenters. The molecule has 4 saturated carbocycles. The molecule has 0 aromatic carbocycles. The van der Waals surface area contributed by atoms with E-state index in [-0.39, 0.29) is 34.0 Å². The van der Waals surface area contributed by atoms with E-state index in [9.17, 15) is 61.0 Å². The number of carbonyl (C=O) groups is 1. The molecule has 5 aliphatic carbocycles. The zero-order chi connectivity index (χ0) is 47.6. The van der Waals surface area contributed by atoms with Gasteiger partial charge in [0.15, 0.2) is 18.9 Å². The van der Waals surface area contributed by atoms with Crippen LogP contribution in [0.4, 0.5) is 0 Å². The van der Waals surface area contributed by atoms with E-state index in [2.05, 4.69) is 54.5 Å². The van der Waals surface area contributed by atoms with Crippen molar-refractivity contribution in [3.63, 3.8) is 0 Å². The number of rotatable bonds is 10. The largest absolute Gasteiger partial charge is 0.481 e. The van der Waals surface area contributed by atoms with Crippen molar-refractivity contribution in [3.8, 4) is 0 Å². The molecule has 7 fully saturated rings. The molecular weight excluding hydrogens is 852 g/mol. The van der Waals surface area contributed by atoms with Crippen molar-refractivity contribution in [2.45, 2.75) is 198 Å². The molecular formula is C47H76O18. The van der Waals surface area contributed by atoms with Gasteiger partial charge in [-0.05, 0) is 103 Å². The Morgan fingerprint density at radius 3 is 1.86 bits per heavy atom. The maximum atomic E-state index is 13.2. The number of carboxylic acid groups (broad SMARTS) is 1. The van der Waals surface area contributed by atoms with Gasteiger partial charge >= 0.3 is 5.97 Å². The molecule has 0 spiro atoms. The highest BCUT2D eigenvalue weighted by Crippen LogP contribution is 2.76. The molecule has 0 amide bonds. The van der Waals surface area contributed by atoms with Crippen molar-refractivity contribution in [2.24, 2.45) is 50.2 Å². The second-order valence-corrected chi connectivity index (χ2v) is 23.3. The summed E-state index contributed by atoms with van der Waals surface area (Å²) in [7, 11) is 0. The Kier molecular flexibility index (Phi) is 13.2. The summed E-state index contributed by atoms with van der Waals surface area (Å²) < 4.78 is 36.4. The highest BCUT2D eigenvalue weighted by molar-refractivity contribution is 5.77. The minimum Gasteiger partial charge on any atom is -0.481 e. The van der Waals surface area contributed by atoms with Crippen LogP contribution in [0.15, 0.2) is 11.6 Å². The third-order valence-corrected chi connectivity index (χ3v) is 19.1. The number of aliphatic hydroxyl groups is 10. The van der Waals surface area contributed by atoms with Crippen LogP contribution in [0.5, 0.6) is 0 Å². The minimum atomic E-state index is -2.10. The quantitative estimate of drug-likeness (QED) is 0.104. The lowest BCUT2D eigenvalue weighted by atomic mass is 9.33. The number of allylic oxidation sites excluding steroid dienone is 2. The normalized spacial score (nSPS) is 53.8. The van der Waals surface area contributed by atoms with E-state index >= 15 is 0 Å². The number of fused-ring (bicyclic) bond motifs is 7. The van der Waals surface area contributed by atoms with Crippen LogP contribution in [0.3, 0.4) is 0 Å². The van der Waals surface area contributed by atoms with Gasteiger partial charge in [-0.15, -0.1) is 0 Å². The lowest BCUT2D eigenvalue weighted by Crippen LogP contribution is -2.68. The van der Waals surface area contributed by atoms with Gasteiger partial charge in [0.25, 0.3) is 0 Å². The average molecular weight is 929 g/mol. The SMILES string of the molecule is CC1(C)CC[C@@]2(C(=O)O)[C@H](O)C[C@@]3(C)C(=CC[C@H]4[C@]5(C)CC[C@@H](O[C@H]6O[C@@H](CO)[C@H](O)[C@@H](O)[C@@H]6O[C@@H]6O[C@H](CO)[C@@H](O)[C@H](O)[C@@H]6O[C@@H]6OC[C@](O)(CO)[C@H]6O)C(C)(C)[C@@H]5CC[C@]43C)[C@@H]2C1. The molecule has 0 radical (unpaired) electrons. The summed E-state index contributed by atoms with van der Waals surface area (Å²) >= 11 is 0. The van der Waals surface area contributed by atoms with E-state index in [4.69, 9.17) is 28.4 Å². The second kappa shape index (κ2) is 17.2. The highest BCUT2D eigenvalue weighted by Gasteiger charge is 2.71. The van der Waals surface area contributed by atoms with Gasteiger partial charge in [0.2, 0.25) is 0 Å². The molecule has 8 aliphatic rings. The number of ether oxygens (including phenoxy) is 6. The summed E-state index contributed by atoms with van der Waals surface area (Å²) in [4.78, 5) is 13.2. The molecule has 0 aromatic rings. The van der Waals surface area contributed by atoms with Gasteiger partial charge in [0, 0.05) is 0 Å². The molecule has 18 nitrogen and oxygen atoms in total. The van der Waals surface area contributed by atoms with E-state index in [1.165, 1.54) is 5.57 Å². The topological polar surface area (TPSA) is 295 Å². The van der Waals surface area contributed by atoms with Crippen molar-refractivity contribution in [1.29, 1.82) is 0 Å². The van der Waals surface area contributed by atoms with Crippen LogP contribution in [0.2, 0.25) is 0 Å². The van der Waals surface area contributed by atoms with Gasteiger partial charge in [-0.2, -0.15) is 0 Å². The first-order valence-corrected chi connectivity index (χ1v) is 23.8. The van der Waals surface area contributed by atoms with Gasteiger partial charge in [-0.25, -0.2) is 0 Å². The number of hydrogen-bond acceptors (Lipinski definition) is 17. The summed E-state index contributed by atoms with van der Waals surface area (Å²) in [5, 5.41) is 119. The van der Waals surface area contributed by atoms with Crippen LogP contribution in [0.25, 0.3) is 0 Å². The molecule has 3 aliphatic heterocycles. The maximum Gasteiger partial charge on any atom is 0.312 e. The molecule has 0 aromatic heterocycles. The summed E-state index contributed by atoms with van der Waals surface area (Å²) in [6.07, 6.45) is -12.8. The Balaban J connectivity index is 1.06. The molecule has 3 saturated heterocycles. The molecule has 372 valence electrons. The average Bonchev–Trinajstić information content (AvgIpc) is 3.52. The third kappa shape index (κ3) is 7.53. The minimum absolute atomic E-state index is 0.0583. The highest BCUT2D eigenvalue weighted by atomic mass is 16.8. The van der Waals surface area contributed by atoms with Crippen LogP contribution in [-0.4, -0.2) is 180 Å². The van der Waals surface area contributed by atoms with Crippen molar-refractivity contribution < 1.29 is 89.4 Å². The zero-order valence-corrected chi connectivity index (χ0v) is 38.9. The van der Waals surface area contributed by atoms with Crippen LogP contribution in [0, 0.1) is 50.2 Å². The van der Waals surface area contributed by atoms with Gasteiger partial charge < -0.3 is 84.6 Å². The Bertz CT molecular complexity index is 1800. The summed E-state index contributed by atoms with van der Waals surface area (Å²) in [5.74, 6) is -0.866. The molecule has 8 rings (SSSR count). The standard InChI is InChI=1S/C47H76O18/c1-41(2)14-15-47(40(57)58)23(16-41)22-8-9-27-43(5)12-11-29(42(3,4)26(43)10-13-44(27,6)45(22,7)17-28(47)51)63-37-34(32(54)30(52)24(18-48)61-37)64-38-35(33(55)31(53)25(19-49)62-38)65-39-36(56)46(59,20-50)21-60-39/h8,23-39,48-56,59H,9-21H2,1-7H3,(H,57,58)/t23-,24-,25+,26-,27-,28+,29+,30-,31+,32+,33-,34-,35-,36-,37+,38-,39-,43+,44+,45-,46+,47-/m0/s1. The first kappa shape index (κ1) is 50.0. The zero-order valence-electron chi connectivity index (χ0n) is 38.9. The van der Waals surface area contributed by atoms with Gasteiger partial charge in [0.1, 0.15) is 66.0 Å². The fourth-order valence-corrected chi connectivity index (χ4v) is 15.0. The molecule has 0 unspecified atom stereocenters. The van der Waals surface area contributed by atoms with Crippen LogP contribution >= 0.6 is 0 Å². The Morgan fingerprint density at radius 2 is 1.31 bits per heavy atom. The lowest BCUT2D eigenvalue weighted by molar-refractivity contribution is -0.388. The van der Waals surface area contributed by atoms with Crippen molar-refractivity contribution in [3.05, 3.63) is 11.6 Å². The van der Waals surface area contributed by atoms with E-state index in [1.807, 2.05) is 0 Å². The number of hydrogen-bond donors (Lipinski definition) is 11. The van der Waals surface area contributed by atoms with Crippen LogP contribution in [0.1, 0.15) is 106 Å². The molecule has 3 heterocycles. The van der Waals surface area contributed by atoms with Crippen LogP contribution < -0.4 is 0 Å². The third-order valence-electron chi connectivity index (χ3n) is 19.1. The molecule has 0 bridgehead atoms. The fraction of sp³-hybridized carbons (Fsp3) is 0.936. The van der Waals surface area contributed by atoms with E-state index in [0.717, 1.165) is 32.1 Å². The van der Waals surface area contributed by atoms with E-state index in [0.29, 0.717) is 25.7 Å². The monoisotopic (exact) mass is 929 g/mol. The summed E-state index contributed by atoms with van der Waals surface area (Å²) in [5.41, 5.74) is -3.59. The molecule has 11 N–H and O–H groups in total. The number of aliphatic hydroxyl groups excluding tert-OH is 9. The van der Waals surface area contributed by atoms with Gasteiger partial charge in [-0.1, -0.05) is 60.1 Å². The van der Waals surface area contributed by atoms with Gasteiger partial charge in [-0.3, -0.25) is 4.79 Å². The summed E-state index contributed by atoms with van der Waals surface area (Å²) in [6, 6.07) is 0. The predicted octanol–water partition coefficient (Wildman–Crippen LogP) is 0.318. The number of carboxylic acids is 1. The van der Waals surface area contributed by atoms with Crippen molar-refractivity contribution >= 4 is 5.97 Å². The second-order valence-electron chi connectivity index (χ2n) is 23.3. The first-order chi connectivity index (χ1) is 30.3. The predicted molar refractivity (Wildman–Crippen MR) is 226 cm³/mol. The van der Waals surface area contributed by atoms with Crippen molar-refractivity contribution in [2.75, 3.05) is 26.4 Å². The molecule has 18 heteroatoms. The molecule has 65 heavy (non-hydrogen) atoms. The maximum absolute atomic E-state index is 13.2. The fourth-order valence-electron chi connectivity index (χ4n) is 15.0. The van der Waals surface area contributed by atoms with Crippen LogP contribution in [-0.2, 0) is 33.2 Å². The van der Waals surface area contributed by atoms with E-state index < -0.39 is 140 Å². The summed E-state index contributed by atoms with van der Waals surface area (Å²) in [6.45, 7) is 12.8. The van der Waals surface area contributed by atoms with Crippen molar-refractivity contribution in [1.82, 2.24) is 0 Å². The smallest absolute Gasteiger partial charge is 0.312 e. The Morgan fingerprint density at radius 1 is 0.723 bits per heavy atom. The van der Waals surface area contributed by atoms with Gasteiger partial charge in [0.05, 0.1) is 38.6 Å².